The van der Waals surface area contributed by atoms with E-state index in [1.54, 1.807) is 18.3 Å². The fourth-order valence-electron chi connectivity index (χ4n) is 2.17. The van der Waals surface area contributed by atoms with Crippen LogP contribution in [0, 0.1) is 0 Å². The maximum atomic E-state index is 12.1. The molecule has 1 heterocycles. The molecule has 0 saturated heterocycles. The largest absolute Gasteiger partial charge is 0.573 e. The normalized spacial score (nSPS) is 11.6. The highest BCUT2D eigenvalue weighted by molar-refractivity contribution is 5.93. The van der Waals surface area contributed by atoms with Gasteiger partial charge in [-0.3, -0.25) is 4.98 Å². The molecule has 0 aliphatic carbocycles. The Labute approximate surface area is 118 Å². The van der Waals surface area contributed by atoms with Gasteiger partial charge in [0.05, 0.1) is 5.52 Å². The van der Waals surface area contributed by atoms with E-state index in [1.165, 1.54) is 12.1 Å². The van der Waals surface area contributed by atoms with Crippen LogP contribution < -0.4 is 4.74 Å². The van der Waals surface area contributed by atoms with E-state index in [0.717, 1.165) is 22.0 Å². The summed E-state index contributed by atoms with van der Waals surface area (Å²) in [5.41, 5.74) is 2.46. The lowest BCUT2D eigenvalue weighted by Crippen LogP contribution is -2.16. The molecule has 0 aliphatic rings. The van der Waals surface area contributed by atoms with Crippen LogP contribution in [0.1, 0.15) is 0 Å². The van der Waals surface area contributed by atoms with Crippen molar-refractivity contribution in [2.24, 2.45) is 0 Å². The van der Waals surface area contributed by atoms with E-state index in [4.69, 9.17) is 0 Å². The third-order valence-electron chi connectivity index (χ3n) is 3.03. The zero-order valence-corrected chi connectivity index (χ0v) is 10.8. The molecule has 21 heavy (non-hydrogen) atoms. The molecule has 0 atom stereocenters. The lowest BCUT2D eigenvalue weighted by Gasteiger charge is -2.10. The maximum absolute atomic E-state index is 12.1. The second kappa shape index (κ2) is 5.09. The minimum Gasteiger partial charge on any atom is -0.406 e. The number of halogens is 3. The summed E-state index contributed by atoms with van der Waals surface area (Å²) >= 11 is 0. The van der Waals surface area contributed by atoms with E-state index in [1.807, 2.05) is 30.3 Å². The third kappa shape index (κ3) is 2.97. The number of benzene rings is 2. The molecule has 3 aromatic rings. The average molecular weight is 289 g/mol. The molecule has 0 fully saturated rings. The van der Waals surface area contributed by atoms with Crippen LogP contribution in [-0.4, -0.2) is 11.3 Å². The number of alkyl halides is 3. The lowest BCUT2D eigenvalue weighted by atomic mass is 10.0. The highest BCUT2D eigenvalue weighted by Crippen LogP contribution is 2.29. The first kappa shape index (κ1) is 13.4. The molecule has 2 aromatic carbocycles. The number of nitrogens with zero attached hydrogens (tertiary/aromatic N) is 1. The lowest BCUT2D eigenvalue weighted by molar-refractivity contribution is -0.274. The van der Waals surface area contributed by atoms with Gasteiger partial charge < -0.3 is 4.74 Å². The molecule has 3 rings (SSSR count). The molecule has 0 bridgehead atoms. The van der Waals surface area contributed by atoms with Crippen molar-refractivity contribution in [1.82, 2.24) is 4.98 Å². The van der Waals surface area contributed by atoms with Gasteiger partial charge in [-0.05, 0) is 23.8 Å². The summed E-state index contributed by atoms with van der Waals surface area (Å²) in [5.74, 6) is -0.237. The quantitative estimate of drug-likeness (QED) is 0.676. The van der Waals surface area contributed by atoms with Crippen molar-refractivity contribution in [3.8, 4) is 16.9 Å². The highest BCUT2D eigenvalue weighted by Gasteiger charge is 2.30. The van der Waals surface area contributed by atoms with Gasteiger partial charge in [-0.25, -0.2) is 0 Å². The van der Waals surface area contributed by atoms with Crippen LogP contribution in [0.25, 0.3) is 22.0 Å². The number of para-hydroxylation sites is 1. The van der Waals surface area contributed by atoms with Gasteiger partial charge in [0, 0.05) is 17.1 Å². The van der Waals surface area contributed by atoms with Crippen molar-refractivity contribution in [2.45, 2.75) is 6.36 Å². The van der Waals surface area contributed by atoms with E-state index in [0.29, 0.717) is 0 Å². The first-order valence-electron chi connectivity index (χ1n) is 6.23. The molecule has 2 nitrogen and oxygen atoms in total. The number of hydrogen-bond donors (Lipinski definition) is 0. The van der Waals surface area contributed by atoms with Crippen LogP contribution in [-0.2, 0) is 0 Å². The van der Waals surface area contributed by atoms with E-state index >= 15 is 0 Å². The zero-order chi connectivity index (χ0) is 14.9. The van der Waals surface area contributed by atoms with E-state index < -0.39 is 6.36 Å². The minimum atomic E-state index is -4.68. The zero-order valence-electron chi connectivity index (χ0n) is 10.8. The van der Waals surface area contributed by atoms with Crippen LogP contribution >= 0.6 is 0 Å². The molecule has 0 radical (unpaired) electrons. The monoisotopic (exact) mass is 289 g/mol. The number of aromatic nitrogens is 1. The van der Waals surface area contributed by atoms with Crippen molar-refractivity contribution < 1.29 is 17.9 Å². The maximum Gasteiger partial charge on any atom is 0.573 e. The van der Waals surface area contributed by atoms with Gasteiger partial charge in [-0.2, -0.15) is 0 Å². The Balaban J connectivity index is 2.00. The first-order valence-corrected chi connectivity index (χ1v) is 6.23. The Morgan fingerprint density at radius 3 is 2.29 bits per heavy atom. The number of rotatable bonds is 2. The molecule has 0 amide bonds. The Bertz CT molecular complexity index is 761. The molecule has 0 unspecified atom stereocenters. The first-order chi connectivity index (χ1) is 10.0. The van der Waals surface area contributed by atoms with E-state index in [2.05, 4.69) is 9.72 Å². The second-order valence-corrected chi connectivity index (χ2v) is 4.45. The molecule has 0 aliphatic heterocycles. The fourth-order valence-corrected chi connectivity index (χ4v) is 2.17. The highest BCUT2D eigenvalue weighted by atomic mass is 19.4. The van der Waals surface area contributed by atoms with Gasteiger partial charge in [-0.15, -0.1) is 13.2 Å². The van der Waals surface area contributed by atoms with Crippen molar-refractivity contribution in [1.29, 1.82) is 0 Å². The fraction of sp³-hybridized carbons (Fsp3) is 0.0625. The molecule has 0 saturated carbocycles. The standard InChI is InChI=1S/C16H10F3NO/c17-16(18,19)21-13-8-6-11(7-9-13)14-5-1-3-12-4-2-10-20-15(12)14/h1-10H. The predicted molar refractivity (Wildman–Crippen MR) is 73.9 cm³/mol. The average Bonchev–Trinajstić information content (AvgIpc) is 2.46. The number of hydrogen-bond acceptors (Lipinski definition) is 2. The Hall–Kier alpha value is -2.56. The van der Waals surface area contributed by atoms with Crippen LogP contribution in [0.2, 0.25) is 0 Å². The topological polar surface area (TPSA) is 22.1 Å². The van der Waals surface area contributed by atoms with Gasteiger partial charge in [0.1, 0.15) is 5.75 Å². The summed E-state index contributed by atoms with van der Waals surface area (Å²) < 4.78 is 40.3. The SMILES string of the molecule is FC(F)(F)Oc1ccc(-c2cccc3cccnc23)cc1. The van der Waals surface area contributed by atoms with Crippen LogP contribution in [0.3, 0.4) is 0 Å². The summed E-state index contributed by atoms with van der Waals surface area (Å²) in [4.78, 5) is 4.33. The smallest absolute Gasteiger partial charge is 0.406 e. The molecular formula is C16H10F3NO. The summed E-state index contributed by atoms with van der Waals surface area (Å²) in [6.45, 7) is 0. The van der Waals surface area contributed by atoms with E-state index in [-0.39, 0.29) is 5.75 Å². The van der Waals surface area contributed by atoms with Gasteiger partial charge in [0.2, 0.25) is 0 Å². The van der Waals surface area contributed by atoms with E-state index in [9.17, 15) is 13.2 Å². The minimum absolute atomic E-state index is 0.237. The molecule has 0 N–H and O–H groups in total. The summed E-state index contributed by atoms with van der Waals surface area (Å²) in [5, 5.41) is 0.977. The molecule has 0 spiro atoms. The molecule has 5 heteroatoms. The van der Waals surface area contributed by atoms with Crippen molar-refractivity contribution in [2.75, 3.05) is 0 Å². The number of fused-ring (bicyclic) bond motifs is 1. The van der Waals surface area contributed by atoms with Crippen molar-refractivity contribution in [3.05, 3.63) is 60.8 Å². The molecule has 106 valence electrons. The van der Waals surface area contributed by atoms with Crippen molar-refractivity contribution >= 4 is 10.9 Å². The van der Waals surface area contributed by atoms with Crippen molar-refractivity contribution in [3.63, 3.8) is 0 Å². The second-order valence-electron chi connectivity index (χ2n) is 4.45. The Kier molecular flexibility index (Phi) is 3.25. The van der Waals surface area contributed by atoms with Gasteiger partial charge in [0.25, 0.3) is 0 Å². The predicted octanol–water partition coefficient (Wildman–Crippen LogP) is 4.80. The molecule has 1 aromatic heterocycles. The third-order valence-corrected chi connectivity index (χ3v) is 3.03. The summed E-state index contributed by atoms with van der Waals surface area (Å²) in [6, 6.07) is 15.3. The molecular weight excluding hydrogens is 279 g/mol. The van der Waals surface area contributed by atoms with Gasteiger partial charge >= 0.3 is 6.36 Å². The van der Waals surface area contributed by atoms with Crippen LogP contribution in [0.4, 0.5) is 13.2 Å². The van der Waals surface area contributed by atoms with Gasteiger partial charge in [-0.1, -0.05) is 36.4 Å². The van der Waals surface area contributed by atoms with Gasteiger partial charge in [0.15, 0.2) is 0 Å². The Morgan fingerprint density at radius 2 is 1.57 bits per heavy atom. The number of ether oxygens (including phenoxy) is 1. The van der Waals surface area contributed by atoms with Crippen LogP contribution in [0.15, 0.2) is 60.8 Å². The Morgan fingerprint density at radius 1 is 0.857 bits per heavy atom. The number of pyridine rings is 1. The van der Waals surface area contributed by atoms with Crippen LogP contribution in [0.5, 0.6) is 5.75 Å². The summed E-state index contributed by atoms with van der Waals surface area (Å²) in [6.07, 6.45) is -2.99. The summed E-state index contributed by atoms with van der Waals surface area (Å²) in [7, 11) is 0.